The second-order valence-electron chi connectivity index (χ2n) is 6.11. The zero-order valence-corrected chi connectivity index (χ0v) is 14.1. The third kappa shape index (κ3) is 5.25. The summed E-state index contributed by atoms with van der Waals surface area (Å²) in [6.45, 7) is -1.34. The fourth-order valence-electron chi connectivity index (χ4n) is 2.95. The lowest BCUT2D eigenvalue weighted by Crippen LogP contribution is -2.27. The molecule has 1 unspecified atom stereocenters. The van der Waals surface area contributed by atoms with Gasteiger partial charge in [-0.15, -0.1) is 0 Å². The lowest BCUT2D eigenvalue weighted by molar-refractivity contribution is -0.141. The number of para-hydroxylation sites is 1. The van der Waals surface area contributed by atoms with E-state index in [-0.39, 0.29) is 17.7 Å². The first kappa shape index (κ1) is 19.3. The van der Waals surface area contributed by atoms with Crippen molar-refractivity contribution >= 4 is 5.95 Å². The molecule has 27 heavy (non-hydrogen) atoms. The van der Waals surface area contributed by atoms with Gasteiger partial charge >= 0.3 is 12.8 Å². The van der Waals surface area contributed by atoms with Crippen LogP contribution in [0.5, 0.6) is 5.75 Å². The summed E-state index contributed by atoms with van der Waals surface area (Å²) in [6, 6.07) is 7.19. The molecule has 1 N–H and O–H groups in total. The smallest absolute Gasteiger partial charge is 0.433 e. The van der Waals surface area contributed by atoms with Crippen molar-refractivity contribution in [3.05, 3.63) is 47.8 Å². The molecule has 0 saturated carbocycles. The van der Waals surface area contributed by atoms with Crippen LogP contribution in [0.15, 0.2) is 36.5 Å². The molecule has 0 bridgehead atoms. The predicted molar refractivity (Wildman–Crippen MR) is 87.4 cm³/mol. The topological polar surface area (TPSA) is 50.3 Å². The number of alkyl halides is 5. The van der Waals surface area contributed by atoms with Crippen LogP contribution < -0.4 is 10.1 Å². The SMILES string of the molecule is FC(F)Oc1ccccc1CN1CCC(Nc2nccc(C(F)(F)F)n2)C1. The van der Waals surface area contributed by atoms with Gasteiger partial charge in [-0.3, -0.25) is 4.90 Å². The van der Waals surface area contributed by atoms with E-state index in [4.69, 9.17) is 0 Å². The molecule has 1 atom stereocenters. The first-order chi connectivity index (χ1) is 12.8. The quantitative estimate of drug-likeness (QED) is 0.764. The molecule has 0 aliphatic carbocycles. The third-order valence-electron chi connectivity index (χ3n) is 4.13. The van der Waals surface area contributed by atoms with E-state index < -0.39 is 18.5 Å². The Morgan fingerprint density at radius 3 is 2.74 bits per heavy atom. The molecular weight excluding hydrogens is 371 g/mol. The molecule has 1 aliphatic heterocycles. The lowest BCUT2D eigenvalue weighted by Gasteiger charge is -2.19. The molecule has 1 saturated heterocycles. The van der Waals surface area contributed by atoms with Crippen molar-refractivity contribution in [2.24, 2.45) is 0 Å². The molecule has 146 valence electrons. The third-order valence-corrected chi connectivity index (χ3v) is 4.13. The maximum Gasteiger partial charge on any atom is 0.433 e. The zero-order chi connectivity index (χ0) is 19.4. The number of ether oxygens (including phenoxy) is 1. The monoisotopic (exact) mass is 388 g/mol. The predicted octanol–water partition coefficient (Wildman–Crippen LogP) is 3.78. The molecule has 2 aromatic rings. The Morgan fingerprint density at radius 2 is 2.00 bits per heavy atom. The molecule has 0 radical (unpaired) electrons. The molecule has 10 heteroatoms. The van der Waals surface area contributed by atoms with Crippen LogP contribution >= 0.6 is 0 Å². The second-order valence-corrected chi connectivity index (χ2v) is 6.11. The number of halogens is 5. The van der Waals surface area contributed by atoms with Gasteiger partial charge in [-0.1, -0.05) is 18.2 Å². The molecular formula is C17H17F5N4O. The Balaban J connectivity index is 1.60. The maximum atomic E-state index is 12.7. The van der Waals surface area contributed by atoms with E-state index >= 15 is 0 Å². The van der Waals surface area contributed by atoms with Crippen molar-refractivity contribution in [2.75, 3.05) is 18.4 Å². The lowest BCUT2D eigenvalue weighted by atomic mass is 10.2. The van der Waals surface area contributed by atoms with Crippen molar-refractivity contribution in [2.45, 2.75) is 31.8 Å². The highest BCUT2D eigenvalue weighted by atomic mass is 19.4. The van der Waals surface area contributed by atoms with Crippen molar-refractivity contribution < 1.29 is 26.7 Å². The van der Waals surface area contributed by atoms with Crippen LogP contribution in [0.2, 0.25) is 0 Å². The second kappa shape index (κ2) is 8.03. The summed E-state index contributed by atoms with van der Waals surface area (Å²) >= 11 is 0. The number of nitrogens with one attached hydrogen (secondary N) is 1. The van der Waals surface area contributed by atoms with Gasteiger partial charge in [0.1, 0.15) is 11.4 Å². The van der Waals surface area contributed by atoms with Crippen molar-refractivity contribution in [3.8, 4) is 5.75 Å². The van der Waals surface area contributed by atoms with Gasteiger partial charge in [-0.05, 0) is 18.6 Å². The number of nitrogens with zero attached hydrogens (tertiary/aromatic N) is 3. The summed E-state index contributed by atoms with van der Waals surface area (Å²) in [5, 5.41) is 2.90. The number of hydrogen-bond acceptors (Lipinski definition) is 5. The van der Waals surface area contributed by atoms with Crippen LogP contribution in [0.4, 0.5) is 27.9 Å². The van der Waals surface area contributed by atoms with E-state index in [0.717, 1.165) is 12.3 Å². The van der Waals surface area contributed by atoms with E-state index in [1.165, 1.54) is 6.07 Å². The van der Waals surface area contributed by atoms with Gasteiger partial charge in [-0.25, -0.2) is 9.97 Å². The number of aromatic nitrogens is 2. The molecule has 0 amide bonds. The van der Waals surface area contributed by atoms with Crippen LogP contribution in [0.3, 0.4) is 0 Å². The molecule has 1 aromatic heterocycles. The summed E-state index contributed by atoms with van der Waals surface area (Å²) in [6.07, 6.45) is -2.81. The Morgan fingerprint density at radius 1 is 1.22 bits per heavy atom. The fraction of sp³-hybridized carbons (Fsp3) is 0.412. The minimum Gasteiger partial charge on any atom is -0.434 e. The van der Waals surface area contributed by atoms with E-state index in [0.29, 0.717) is 31.6 Å². The molecule has 0 spiro atoms. The largest absolute Gasteiger partial charge is 0.434 e. The van der Waals surface area contributed by atoms with Gasteiger partial charge in [0.25, 0.3) is 0 Å². The summed E-state index contributed by atoms with van der Waals surface area (Å²) in [5.41, 5.74) is -0.387. The summed E-state index contributed by atoms with van der Waals surface area (Å²) in [7, 11) is 0. The zero-order valence-electron chi connectivity index (χ0n) is 14.1. The molecule has 1 aliphatic rings. The summed E-state index contributed by atoms with van der Waals surface area (Å²) in [4.78, 5) is 9.32. The van der Waals surface area contributed by atoms with Crippen molar-refractivity contribution in [1.82, 2.24) is 14.9 Å². The van der Waals surface area contributed by atoms with Gasteiger partial charge in [-0.2, -0.15) is 22.0 Å². The fourth-order valence-corrected chi connectivity index (χ4v) is 2.95. The van der Waals surface area contributed by atoms with Gasteiger partial charge in [0.15, 0.2) is 0 Å². The molecule has 1 aromatic carbocycles. The Bertz CT molecular complexity index is 771. The van der Waals surface area contributed by atoms with Crippen LogP contribution in [0.1, 0.15) is 17.7 Å². The molecule has 2 heterocycles. The van der Waals surface area contributed by atoms with E-state index in [1.54, 1.807) is 18.2 Å². The minimum atomic E-state index is -4.53. The Labute approximate surface area is 152 Å². The minimum absolute atomic E-state index is 0.0851. The van der Waals surface area contributed by atoms with E-state index in [1.807, 2.05) is 4.90 Å². The standard InChI is InChI=1S/C17H17F5N4O/c18-15(19)27-13-4-2-1-3-11(13)9-26-8-6-12(10-26)24-16-23-7-5-14(25-16)17(20,21)22/h1-5,7,12,15H,6,8-10H2,(H,23,24,25). The van der Waals surface area contributed by atoms with E-state index in [9.17, 15) is 22.0 Å². The first-order valence-corrected chi connectivity index (χ1v) is 8.23. The van der Waals surface area contributed by atoms with Crippen LogP contribution in [-0.4, -0.2) is 40.6 Å². The highest BCUT2D eigenvalue weighted by molar-refractivity contribution is 5.33. The van der Waals surface area contributed by atoms with Crippen LogP contribution in [0.25, 0.3) is 0 Å². The average molecular weight is 388 g/mol. The van der Waals surface area contributed by atoms with Crippen molar-refractivity contribution in [3.63, 3.8) is 0 Å². The van der Waals surface area contributed by atoms with E-state index in [2.05, 4.69) is 20.0 Å². The maximum absolute atomic E-state index is 12.7. The number of rotatable bonds is 6. The number of likely N-dealkylation sites (tertiary alicyclic amines) is 1. The van der Waals surface area contributed by atoms with Gasteiger partial charge in [0, 0.05) is 37.4 Å². The van der Waals surface area contributed by atoms with Gasteiger partial charge < -0.3 is 10.1 Å². The summed E-state index contributed by atoms with van der Waals surface area (Å²) in [5.74, 6) is 0.0308. The molecule has 1 fully saturated rings. The highest BCUT2D eigenvalue weighted by Gasteiger charge is 2.33. The van der Waals surface area contributed by atoms with Crippen LogP contribution in [-0.2, 0) is 12.7 Å². The van der Waals surface area contributed by atoms with Crippen molar-refractivity contribution in [1.29, 1.82) is 0 Å². The van der Waals surface area contributed by atoms with Gasteiger partial charge in [0.2, 0.25) is 5.95 Å². The number of hydrogen-bond donors (Lipinski definition) is 1. The number of anilines is 1. The average Bonchev–Trinajstić information content (AvgIpc) is 3.03. The molecule has 3 rings (SSSR count). The first-order valence-electron chi connectivity index (χ1n) is 8.23. The van der Waals surface area contributed by atoms with Gasteiger partial charge in [0.05, 0.1) is 0 Å². The Hall–Kier alpha value is -2.49. The van der Waals surface area contributed by atoms with Crippen LogP contribution in [0, 0.1) is 0 Å². The highest BCUT2D eigenvalue weighted by Crippen LogP contribution is 2.28. The number of benzene rings is 1. The Kier molecular flexibility index (Phi) is 5.73. The summed E-state index contributed by atoms with van der Waals surface area (Å²) < 4.78 is 67.7. The normalized spacial score (nSPS) is 18.1. The molecule has 5 nitrogen and oxygen atoms in total.